The lowest BCUT2D eigenvalue weighted by Gasteiger charge is -2.08. The first-order valence-corrected chi connectivity index (χ1v) is 1.98. The van der Waals surface area contributed by atoms with Gasteiger partial charge in [-0.05, 0) is 0 Å². The van der Waals surface area contributed by atoms with Gasteiger partial charge in [0, 0.05) is 0 Å². The SMILES string of the molecule is O=C1COC[CH]O1. The number of carbonyl (C=O) groups excluding carboxylic acids is 1. The summed E-state index contributed by atoms with van der Waals surface area (Å²) < 4.78 is 9.04. The van der Waals surface area contributed by atoms with Crippen LogP contribution >= 0.6 is 0 Å². The van der Waals surface area contributed by atoms with Crippen molar-refractivity contribution in [3.8, 4) is 0 Å². The number of hydrogen-bond acceptors (Lipinski definition) is 3. The molecule has 0 N–H and O–H groups in total. The molecule has 0 spiro atoms. The maximum absolute atomic E-state index is 10.1. The van der Waals surface area contributed by atoms with Gasteiger partial charge in [0.15, 0.2) is 6.61 Å². The third kappa shape index (κ3) is 1.16. The van der Waals surface area contributed by atoms with Crippen molar-refractivity contribution in [2.75, 3.05) is 13.2 Å². The van der Waals surface area contributed by atoms with Crippen molar-refractivity contribution in [3.05, 3.63) is 6.61 Å². The molecular weight excluding hydrogens is 96.0 g/mol. The van der Waals surface area contributed by atoms with E-state index in [1.54, 1.807) is 0 Å². The Balaban J connectivity index is 2.25. The Labute approximate surface area is 41.2 Å². The third-order valence-electron chi connectivity index (χ3n) is 0.621. The van der Waals surface area contributed by atoms with Crippen LogP contribution in [0.1, 0.15) is 0 Å². The molecule has 0 atom stereocenters. The fraction of sp³-hybridized carbons (Fsp3) is 0.500. The van der Waals surface area contributed by atoms with Gasteiger partial charge < -0.3 is 9.47 Å². The van der Waals surface area contributed by atoms with Gasteiger partial charge in [0.1, 0.15) is 6.61 Å². The zero-order valence-electron chi connectivity index (χ0n) is 3.72. The zero-order valence-corrected chi connectivity index (χ0v) is 3.72. The number of cyclic esters (lactones) is 1. The minimum atomic E-state index is -0.314. The van der Waals surface area contributed by atoms with Crippen LogP contribution in [0, 0.1) is 6.61 Å². The van der Waals surface area contributed by atoms with E-state index in [4.69, 9.17) is 0 Å². The summed E-state index contributed by atoms with van der Waals surface area (Å²) in [6.45, 7) is 1.86. The van der Waals surface area contributed by atoms with E-state index in [9.17, 15) is 4.79 Å². The van der Waals surface area contributed by atoms with Gasteiger partial charge in [-0.1, -0.05) is 0 Å². The summed E-state index contributed by atoms with van der Waals surface area (Å²) in [5, 5.41) is 0. The summed E-state index contributed by atoms with van der Waals surface area (Å²) in [4.78, 5) is 10.1. The highest BCUT2D eigenvalue weighted by molar-refractivity contribution is 5.71. The molecule has 3 heteroatoms. The predicted octanol–water partition coefficient (Wildman–Crippen LogP) is -0.278. The van der Waals surface area contributed by atoms with E-state index in [-0.39, 0.29) is 12.6 Å². The molecule has 39 valence electrons. The topological polar surface area (TPSA) is 35.5 Å². The zero-order chi connectivity index (χ0) is 5.11. The Bertz CT molecular complexity index is 71.0. The summed E-state index contributed by atoms with van der Waals surface area (Å²) >= 11 is 0. The molecule has 0 aromatic heterocycles. The van der Waals surface area contributed by atoms with Crippen molar-refractivity contribution < 1.29 is 14.3 Å². The first kappa shape index (κ1) is 4.59. The Hall–Kier alpha value is -0.570. The van der Waals surface area contributed by atoms with Crippen molar-refractivity contribution in [3.63, 3.8) is 0 Å². The molecular formula is C4H5O3. The molecule has 1 aliphatic rings. The summed E-state index contributed by atoms with van der Waals surface area (Å²) in [5.74, 6) is -0.314. The van der Waals surface area contributed by atoms with Crippen molar-refractivity contribution in [1.82, 2.24) is 0 Å². The molecule has 0 saturated carbocycles. The average molecular weight is 101 g/mol. The second-order valence-electron chi connectivity index (χ2n) is 1.17. The van der Waals surface area contributed by atoms with Crippen LogP contribution in [0.4, 0.5) is 0 Å². The number of esters is 1. The smallest absolute Gasteiger partial charge is 0.332 e. The Morgan fingerprint density at radius 3 is 2.86 bits per heavy atom. The fourth-order valence-corrected chi connectivity index (χ4v) is 0.351. The largest absolute Gasteiger partial charge is 0.454 e. The van der Waals surface area contributed by atoms with Crippen LogP contribution in [0.15, 0.2) is 0 Å². The molecule has 0 unspecified atom stereocenters. The molecule has 1 fully saturated rings. The average Bonchev–Trinajstić information content (AvgIpc) is 1.69. The standard InChI is InChI=1S/C4H5O3/c5-4-3-6-1-2-7-4/h2H,1,3H2. The summed E-state index contributed by atoms with van der Waals surface area (Å²) in [6, 6.07) is 0. The lowest BCUT2D eigenvalue weighted by Crippen LogP contribution is -2.19. The summed E-state index contributed by atoms with van der Waals surface area (Å²) in [5.41, 5.74) is 0. The van der Waals surface area contributed by atoms with E-state index >= 15 is 0 Å². The van der Waals surface area contributed by atoms with Crippen LogP contribution in [-0.2, 0) is 14.3 Å². The van der Waals surface area contributed by atoms with Crippen LogP contribution in [-0.4, -0.2) is 19.2 Å². The minimum Gasteiger partial charge on any atom is -0.454 e. The molecule has 0 aromatic rings. The number of hydrogen-bond donors (Lipinski definition) is 0. The lowest BCUT2D eigenvalue weighted by molar-refractivity contribution is -0.152. The Kier molecular flexibility index (Phi) is 1.26. The molecule has 1 aliphatic heterocycles. The first-order valence-electron chi connectivity index (χ1n) is 1.98. The van der Waals surface area contributed by atoms with Gasteiger partial charge in [0.2, 0.25) is 0 Å². The Morgan fingerprint density at radius 2 is 2.57 bits per heavy atom. The predicted molar refractivity (Wildman–Crippen MR) is 21.2 cm³/mol. The maximum atomic E-state index is 10.1. The van der Waals surface area contributed by atoms with E-state index < -0.39 is 0 Å². The van der Waals surface area contributed by atoms with E-state index in [0.29, 0.717) is 6.61 Å². The van der Waals surface area contributed by atoms with E-state index in [2.05, 4.69) is 9.47 Å². The molecule has 0 aromatic carbocycles. The summed E-state index contributed by atoms with van der Waals surface area (Å²) in [6.07, 6.45) is 0. The monoisotopic (exact) mass is 101 g/mol. The molecule has 0 bridgehead atoms. The minimum absolute atomic E-state index is 0.0938. The highest BCUT2D eigenvalue weighted by Crippen LogP contribution is 1.93. The fourth-order valence-electron chi connectivity index (χ4n) is 0.351. The van der Waals surface area contributed by atoms with Crippen molar-refractivity contribution in [1.29, 1.82) is 0 Å². The molecule has 1 heterocycles. The van der Waals surface area contributed by atoms with Crippen molar-refractivity contribution in [2.45, 2.75) is 0 Å². The highest BCUT2D eigenvalue weighted by Gasteiger charge is 2.07. The highest BCUT2D eigenvalue weighted by atomic mass is 16.6. The van der Waals surface area contributed by atoms with Crippen LogP contribution in [0.5, 0.6) is 0 Å². The van der Waals surface area contributed by atoms with Gasteiger partial charge in [-0.2, -0.15) is 0 Å². The van der Waals surface area contributed by atoms with Crippen LogP contribution in [0.2, 0.25) is 0 Å². The van der Waals surface area contributed by atoms with Crippen molar-refractivity contribution in [2.24, 2.45) is 0 Å². The molecule has 1 radical (unpaired) electrons. The van der Waals surface area contributed by atoms with Gasteiger partial charge in [-0.15, -0.1) is 0 Å². The van der Waals surface area contributed by atoms with Gasteiger partial charge in [0.05, 0.1) is 6.61 Å². The van der Waals surface area contributed by atoms with E-state index in [1.165, 1.54) is 6.61 Å². The van der Waals surface area contributed by atoms with Crippen LogP contribution in [0.3, 0.4) is 0 Å². The normalized spacial score (nSPS) is 21.4. The molecule has 7 heavy (non-hydrogen) atoms. The van der Waals surface area contributed by atoms with Gasteiger partial charge in [-0.25, -0.2) is 4.79 Å². The number of carbonyl (C=O) groups is 1. The molecule has 3 nitrogen and oxygen atoms in total. The number of ether oxygens (including phenoxy) is 2. The second kappa shape index (κ2) is 1.93. The quantitative estimate of drug-likeness (QED) is 0.394. The van der Waals surface area contributed by atoms with Gasteiger partial charge in [0.25, 0.3) is 0 Å². The maximum Gasteiger partial charge on any atom is 0.332 e. The van der Waals surface area contributed by atoms with E-state index in [1.807, 2.05) is 0 Å². The molecule has 0 amide bonds. The number of rotatable bonds is 0. The van der Waals surface area contributed by atoms with E-state index in [0.717, 1.165) is 0 Å². The van der Waals surface area contributed by atoms with Crippen molar-refractivity contribution >= 4 is 5.97 Å². The first-order chi connectivity index (χ1) is 3.39. The van der Waals surface area contributed by atoms with Gasteiger partial charge in [-0.3, -0.25) is 0 Å². The van der Waals surface area contributed by atoms with Gasteiger partial charge >= 0.3 is 5.97 Å². The summed E-state index contributed by atoms with van der Waals surface area (Å²) in [7, 11) is 0. The third-order valence-corrected chi connectivity index (χ3v) is 0.621. The molecule has 0 aliphatic carbocycles. The van der Waals surface area contributed by atoms with Crippen LogP contribution < -0.4 is 0 Å². The molecule has 1 saturated heterocycles. The second-order valence-corrected chi connectivity index (χ2v) is 1.17. The van der Waals surface area contributed by atoms with Crippen LogP contribution in [0.25, 0.3) is 0 Å². The molecule has 1 rings (SSSR count). The Morgan fingerprint density at radius 1 is 1.71 bits per heavy atom. The lowest BCUT2D eigenvalue weighted by atomic mass is 10.6.